The van der Waals surface area contributed by atoms with Crippen molar-refractivity contribution < 1.29 is 19.4 Å². The van der Waals surface area contributed by atoms with E-state index in [4.69, 9.17) is 4.74 Å². The van der Waals surface area contributed by atoms with Crippen LogP contribution in [0, 0.1) is 13.8 Å². The largest absolute Gasteiger partial charge is 0.508 e. The zero-order valence-corrected chi connectivity index (χ0v) is 17.1. The fourth-order valence-corrected chi connectivity index (χ4v) is 4.32. The van der Waals surface area contributed by atoms with Crippen LogP contribution in [0.2, 0.25) is 0 Å². The van der Waals surface area contributed by atoms with E-state index in [1.165, 1.54) is 18.4 Å². The summed E-state index contributed by atoms with van der Waals surface area (Å²) in [4.78, 5) is 29.9. The minimum Gasteiger partial charge on any atom is -0.508 e. The first-order valence-electron chi connectivity index (χ1n) is 9.13. The van der Waals surface area contributed by atoms with Gasteiger partial charge in [0.1, 0.15) is 10.8 Å². The minimum absolute atomic E-state index is 0.135. The van der Waals surface area contributed by atoms with Crippen LogP contribution in [-0.2, 0) is 9.53 Å². The molecular weight excluding hydrogens is 378 g/mol. The van der Waals surface area contributed by atoms with Crippen molar-refractivity contribution in [3.63, 3.8) is 0 Å². The normalized spacial score (nSPS) is 14.8. The second-order valence-electron chi connectivity index (χ2n) is 6.81. The Labute approximate surface area is 168 Å². The average Bonchev–Trinajstić information content (AvgIpc) is 2.95. The van der Waals surface area contributed by atoms with Crippen LogP contribution in [0.3, 0.4) is 0 Å². The quantitative estimate of drug-likeness (QED) is 0.747. The van der Waals surface area contributed by atoms with E-state index in [1.807, 2.05) is 26.0 Å². The fraction of sp³-hybridized carbons (Fsp3) is 0.400. The molecule has 1 saturated heterocycles. The number of phenols is 1. The molecule has 2 N–H and O–H groups in total. The highest BCUT2D eigenvalue weighted by Crippen LogP contribution is 2.33. The topological polar surface area (TPSA) is 82.1 Å². The molecule has 1 aliphatic rings. The molecule has 3 rings (SSSR count). The molecule has 1 amide bonds. The van der Waals surface area contributed by atoms with Gasteiger partial charge >= 0.3 is 5.97 Å². The number of piperazine rings is 1. The molecule has 1 aromatic carbocycles. The highest BCUT2D eigenvalue weighted by Gasteiger charge is 2.23. The molecule has 1 aliphatic heterocycles. The molecule has 0 spiro atoms. The maximum Gasteiger partial charge on any atom is 0.341 e. The third-order valence-corrected chi connectivity index (χ3v) is 6.10. The number of benzene rings is 1. The van der Waals surface area contributed by atoms with Crippen molar-refractivity contribution in [1.82, 2.24) is 4.90 Å². The number of amides is 1. The van der Waals surface area contributed by atoms with Crippen molar-refractivity contribution in [2.75, 3.05) is 50.1 Å². The predicted molar refractivity (Wildman–Crippen MR) is 111 cm³/mol. The van der Waals surface area contributed by atoms with Gasteiger partial charge in [-0.15, -0.1) is 11.3 Å². The number of carbonyl (C=O) groups excluding carboxylic acids is 2. The number of anilines is 2. The van der Waals surface area contributed by atoms with Gasteiger partial charge in [0.05, 0.1) is 19.2 Å². The Kier molecular flexibility index (Phi) is 6.21. The smallest absolute Gasteiger partial charge is 0.341 e. The number of phenolic OH excluding ortho intramolecular Hbond substituents is 1. The number of carbonyl (C=O) groups is 2. The molecule has 0 atom stereocenters. The molecule has 2 heterocycles. The van der Waals surface area contributed by atoms with E-state index in [2.05, 4.69) is 15.1 Å². The summed E-state index contributed by atoms with van der Waals surface area (Å²) in [5.41, 5.74) is 2.35. The average molecular weight is 404 g/mol. The zero-order valence-electron chi connectivity index (χ0n) is 16.3. The van der Waals surface area contributed by atoms with Crippen molar-refractivity contribution in [3.8, 4) is 5.75 Å². The molecule has 0 radical (unpaired) electrons. The first kappa shape index (κ1) is 20.2. The number of nitrogens with zero attached hydrogens (tertiary/aromatic N) is 2. The van der Waals surface area contributed by atoms with Crippen LogP contribution in [0.15, 0.2) is 24.3 Å². The number of aryl methyl sites for hydroxylation is 1. The molecular formula is C20H25N3O4S. The summed E-state index contributed by atoms with van der Waals surface area (Å²) in [6, 6.07) is 7.15. The summed E-state index contributed by atoms with van der Waals surface area (Å²) < 4.78 is 4.85. The van der Waals surface area contributed by atoms with E-state index in [0.717, 1.165) is 42.3 Å². The number of nitrogens with one attached hydrogen (secondary N) is 1. The van der Waals surface area contributed by atoms with Crippen molar-refractivity contribution in [1.29, 1.82) is 0 Å². The van der Waals surface area contributed by atoms with Crippen LogP contribution in [0.25, 0.3) is 0 Å². The van der Waals surface area contributed by atoms with E-state index in [1.54, 1.807) is 12.1 Å². The lowest BCUT2D eigenvalue weighted by atomic mass is 10.1. The zero-order chi connectivity index (χ0) is 20.3. The van der Waals surface area contributed by atoms with E-state index < -0.39 is 5.97 Å². The van der Waals surface area contributed by atoms with Crippen LogP contribution in [-0.4, -0.2) is 61.7 Å². The van der Waals surface area contributed by atoms with Crippen molar-refractivity contribution in [3.05, 3.63) is 40.3 Å². The lowest BCUT2D eigenvalue weighted by Crippen LogP contribution is -2.48. The number of ether oxygens (including phenoxy) is 1. The molecule has 0 saturated carbocycles. The molecule has 0 unspecified atom stereocenters. The van der Waals surface area contributed by atoms with Gasteiger partial charge in [0.25, 0.3) is 0 Å². The third-order valence-electron chi connectivity index (χ3n) is 4.98. The summed E-state index contributed by atoms with van der Waals surface area (Å²) >= 11 is 1.39. The van der Waals surface area contributed by atoms with Crippen LogP contribution in [0.5, 0.6) is 5.75 Å². The molecule has 150 valence electrons. The van der Waals surface area contributed by atoms with Gasteiger partial charge < -0.3 is 20.1 Å². The number of aromatic hydroxyl groups is 1. The molecule has 8 heteroatoms. The second-order valence-corrected chi connectivity index (χ2v) is 8.03. The molecule has 1 aromatic heterocycles. The summed E-state index contributed by atoms with van der Waals surface area (Å²) in [6.45, 7) is 7.20. The lowest BCUT2D eigenvalue weighted by Gasteiger charge is -2.35. The van der Waals surface area contributed by atoms with Crippen molar-refractivity contribution in [2.24, 2.45) is 0 Å². The summed E-state index contributed by atoms with van der Waals surface area (Å²) in [6.07, 6.45) is 0. The van der Waals surface area contributed by atoms with Crippen molar-refractivity contribution >= 4 is 33.9 Å². The van der Waals surface area contributed by atoms with Gasteiger partial charge in [-0.1, -0.05) is 0 Å². The number of rotatable bonds is 5. The Morgan fingerprint density at radius 2 is 1.79 bits per heavy atom. The molecule has 28 heavy (non-hydrogen) atoms. The Balaban J connectivity index is 1.56. The minimum atomic E-state index is -0.431. The Hall–Kier alpha value is -2.58. The Morgan fingerprint density at radius 1 is 1.14 bits per heavy atom. The van der Waals surface area contributed by atoms with E-state index in [9.17, 15) is 14.7 Å². The van der Waals surface area contributed by atoms with Crippen LogP contribution in [0.1, 0.15) is 20.8 Å². The van der Waals surface area contributed by atoms with Gasteiger partial charge in [0, 0.05) is 36.7 Å². The number of hydrogen-bond donors (Lipinski definition) is 2. The van der Waals surface area contributed by atoms with E-state index >= 15 is 0 Å². The molecule has 0 aliphatic carbocycles. The lowest BCUT2D eigenvalue weighted by molar-refractivity contribution is -0.117. The van der Waals surface area contributed by atoms with Gasteiger partial charge in [0.15, 0.2) is 0 Å². The summed E-state index contributed by atoms with van der Waals surface area (Å²) in [7, 11) is 1.34. The predicted octanol–water partition coefficient (Wildman–Crippen LogP) is 2.62. The van der Waals surface area contributed by atoms with Gasteiger partial charge in [-0.25, -0.2) is 4.79 Å². The monoisotopic (exact) mass is 403 g/mol. The standard InChI is InChI=1S/C20H25N3O4S/c1-13-14(2)28-19(18(13)20(26)27-3)21-17(25)12-22-8-10-23(11-9-22)15-4-6-16(24)7-5-15/h4-7,24H,8-12H2,1-3H3,(H,21,25). The van der Waals surface area contributed by atoms with E-state index in [0.29, 0.717) is 10.6 Å². The van der Waals surface area contributed by atoms with Gasteiger partial charge in [-0.05, 0) is 43.7 Å². The molecule has 0 bridgehead atoms. The van der Waals surface area contributed by atoms with Gasteiger partial charge in [-0.3, -0.25) is 9.69 Å². The molecule has 7 nitrogen and oxygen atoms in total. The first-order valence-corrected chi connectivity index (χ1v) is 9.95. The van der Waals surface area contributed by atoms with Crippen LogP contribution in [0.4, 0.5) is 10.7 Å². The van der Waals surface area contributed by atoms with Crippen molar-refractivity contribution in [2.45, 2.75) is 13.8 Å². The van der Waals surface area contributed by atoms with Crippen LogP contribution < -0.4 is 10.2 Å². The second kappa shape index (κ2) is 8.62. The summed E-state index contributed by atoms with van der Waals surface area (Å²) in [5, 5.41) is 12.8. The van der Waals surface area contributed by atoms with Gasteiger partial charge in [0.2, 0.25) is 5.91 Å². The van der Waals surface area contributed by atoms with Gasteiger partial charge in [-0.2, -0.15) is 0 Å². The number of esters is 1. The maximum atomic E-state index is 12.5. The highest BCUT2D eigenvalue weighted by molar-refractivity contribution is 7.16. The first-order chi connectivity index (χ1) is 13.4. The van der Waals surface area contributed by atoms with E-state index in [-0.39, 0.29) is 18.2 Å². The third kappa shape index (κ3) is 4.45. The number of methoxy groups -OCH3 is 1. The Bertz CT molecular complexity index is 855. The molecule has 2 aromatic rings. The number of thiophene rings is 1. The summed E-state index contributed by atoms with van der Waals surface area (Å²) in [5.74, 6) is -0.311. The SMILES string of the molecule is COC(=O)c1c(NC(=O)CN2CCN(c3ccc(O)cc3)CC2)sc(C)c1C. The number of hydrogen-bond acceptors (Lipinski definition) is 7. The Morgan fingerprint density at radius 3 is 2.39 bits per heavy atom. The highest BCUT2D eigenvalue weighted by atomic mass is 32.1. The van der Waals surface area contributed by atoms with Crippen LogP contribution >= 0.6 is 11.3 Å². The maximum absolute atomic E-state index is 12.5. The fourth-order valence-electron chi connectivity index (χ4n) is 3.26. The molecule has 1 fully saturated rings.